The van der Waals surface area contributed by atoms with E-state index in [-0.39, 0.29) is 0 Å². The molecule has 0 rings (SSSR count). The minimum absolute atomic E-state index is 0.746. The molecule has 0 aromatic rings. The zero-order valence-electron chi connectivity index (χ0n) is 12.7. The maximum atomic E-state index is 8.41. The van der Waals surface area contributed by atoms with Gasteiger partial charge in [0.2, 0.25) is 0 Å². The normalized spacial score (nSPS) is 10.8. The van der Waals surface area contributed by atoms with Gasteiger partial charge in [0, 0.05) is 6.42 Å². The molecule has 0 aliphatic heterocycles. The van der Waals surface area contributed by atoms with Gasteiger partial charge in [0.25, 0.3) is 0 Å². The summed E-state index contributed by atoms with van der Waals surface area (Å²) in [5, 5.41) is 8.41. The summed E-state index contributed by atoms with van der Waals surface area (Å²) in [6.07, 6.45) is 17.2. The number of hydrogen-bond donors (Lipinski definition) is 0. The number of unbranched alkanes of at least 4 members (excludes halogenated alkanes) is 11. The Morgan fingerprint density at radius 1 is 0.667 bits per heavy atom. The summed E-state index contributed by atoms with van der Waals surface area (Å²) in [6.45, 7) is 4.63. The zero-order chi connectivity index (χ0) is 13.5. The summed E-state index contributed by atoms with van der Waals surface area (Å²) >= 11 is 0. The fourth-order valence-electron chi connectivity index (χ4n) is 2.35. The molecule has 0 aromatic carbocycles. The quantitative estimate of drug-likeness (QED) is 0.355. The molecule has 18 heavy (non-hydrogen) atoms. The molecule has 0 bridgehead atoms. The SMILES string of the molecule is CC(C)CCCCCCCCCCCCCC#N. The first kappa shape index (κ1) is 17.5. The molecular weight excluding hydrogens is 218 g/mol. The van der Waals surface area contributed by atoms with E-state index < -0.39 is 0 Å². The molecule has 0 radical (unpaired) electrons. The summed E-state index contributed by atoms with van der Waals surface area (Å²) in [4.78, 5) is 0. The van der Waals surface area contributed by atoms with Crippen LogP contribution in [0.25, 0.3) is 0 Å². The Kier molecular flexibility index (Phi) is 14.1. The van der Waals surface area contributed by atoms with Crippen LogP contribution in [0, 0.1) is 17.2 Å². The van der Waals surface area contributed by atoms with E-state index in [0.717, 1.165) is 18.8 Å². The number of hydrogen-bond acceptors (Lipinski definition) is 1. The highest BCUT2D eigenvalue weighted by atomic mass is 14.2. The van der Waals surface area contributed by atoms with Crippen LogP contribution in [0.15, 0.2) is 0 Å². The lowest BCUT2D eigenvalue weighted by atomic mass is 10.0. The third kappa shape index (κ3) is 15.5. The standard InChI is InChI=1S/C17H33N/c1-17(2)15-13-11-9-7-5-3-4-6-8-10-12-14-16-18/h17H,3-15H2,1-2H3. The number of rotatable bonds is 13. The molecule has 0 N–H and O–H groups in total. The predicted octanol–water partition coefficient (Wildman–Crippen LogP) is 6.24. The molecule has 0 heterocycles. The second-order valence-corrected chi connectivity index (χ2v) is 5.98. The van der Waals surface area contributed by atoms with Crippen LogP contribution in [0.3, 0.4) is 0 Å². The number of nitriles is 1. The van der Waals surface area contributed by atoms with Crippen molar-refractivity contribution in [1.29, 1.82) is 5.26 Å². The van der Waals surface area contributed by atoms with E-state index in [1.165, 1.54) is 70.6 Å². The Hall–Kier alpha value is -0.510. The van der Waals surface area contributed by atoms with Gasteiger partial charge in [0.1, 0.15) is 0 Å². The van der Waals surface area contributed by atoms with E-state index >= 15 is 0 Å². The molecular formula is C17H33N. The van der Waals surface area contributed by atoms with Gasteiger partial charge < -0.3 is 0 Å². The molecule has 0 amide bonds. The molecule has 1 heteroatoms. The van der Waals surface area contributed by atoms with Crippen LogP contribution in [0.1, 0.15) is 97.3 Å². The van der Waals surface area contributed by atoms with Gasteiger partial charge >= 0.3 is 0 Å². The van der Waals surface area contributed by atoms with Gasteiger partial charge in [0.15, 0.2) is 0 Å². The van der Waals surface area contributed by atoms with Gasteiger partial charge in [-0.15, -0.1) is 0 Å². The minimum atomic E-state index is 0.746. The molecule has 0 fully saturated rings. The van der Waals surface area contributed by atoms with Crippen LogP contribution in [0.5, 0.6) is 0 Å². The van der Waals surface area contributed by atoms with Gasteiger partial charge in [-0.25, -0.2) is 0 Å². The summed E-state index contributed by atoms with van der Waals surface area (Å²) < 4.78 is 0. The van der Waals surface area contributed by atoms with E-state index in [1.54, 1.807) is 0 Å². The van der Waals surface area contributed by atoms with Gasteiger partial charge in [0.05, 0.1) is 6.07 Å². The third-order valence-corrected chi connectivity index (χ3v) is 3.57. The first-order valence-corrected chi connectivity index (χ1v) is 8.14. The van der Waals surface area contributed by atoms with E-state index in [1.807, 2.05) is 0 Å². The Balaban J connectivity index is 2.93. The lowest BCUT2D eigenvalue weighted by Crippen LogP contribution is -1.87. The second-order valence-electron chi connectivity index (χ2n) is 5.98. The third-order valence-electron chi connectivity index (χ3n) is 3.57. The van der Waals surface area contributed by atoms with Gasteiger partial charge in [-0.3, -0.25) is 0 Å². The highest BCUT2D eigenvalue weighted by molar-refractivity contribution is 4.67. The molecule has 0 aromatic heterocycles. The van der Waals surface area contributed by atoms with Crippen molar-refractivity contribution in [3.63, 3.8) is 0 Å². The zero-order valence-corrected chi connectivity index (χ0v) is 12.7. The Labute approximate surface area is 115 Å². The van der Waals surface area contributed by atoms with Crippen LogP contribution in [-0.4, -0.2) is 0 Å². The van der Waals surface area contributed by atoms with E-state index in [9.17, 15) is 0 Å². The average Bonchev–Trinajstić information content (AvgIpc) is 2.34. The van der Waals surface area contributed by atoms with Crippen LogP contribution in [0.2, 0.25) is 0 Å². The van der Waals surface area contributed by atoms with Gasteiger partial charge in [-0.1, -0.05) is 84.5 Å². The summed E-state index contributed by atoms with van der Waals surface area (Å²) in [5.41, 5.74) is 0. The second kappa shape index (κ2) is 14.6. The maximum absolute atomic E-state index is 8.41. The van der Waals surface area contributed by atoms with E-state index in [4.69, 9.17) is 5.26 Å². The summed E-state index contributed by atoms with van der Waals surface area (Å²) in [5.74, 6) is 0.881. The van der Waals surface area contributed by atoms with Gasteiger partial charge in [-0.05, 0) is 12.3 Å². The van der Waals surface area contributed by atoms with Gasteiger partial charge in [-0.2, -0.15) is 5.26 Å². The largest absolute Gasteiger partial charge is 0.198 e. The summed E-state index contributed by atoms with van der Waals surface area (Å²) in [7, 11) is 0. The smallest absolute Gasteiger partial charge is 0.0621 e. The van der Waals surface area contributed by atoms with E-state index in [2.05, 4.69) is 19.9 Å². The van der Waals surface area contributed by atoms with Crippen LogP contribution in [0.4, 0.5) is 0 Å². The van der Waals surface area contributed by atoms with Crippen molar-refractivity contribution in [3.05, 3.63) is 0 Å². The summed E-state index contributed by atoms with van der Waals surface area (Å²) in [6, 6.07) is 2.21. The molecule has 0 spiro atoms. The lowest BCUT2D eigenvalue weighted by molar-refractivity contribution is 0.504. The molecule has 0 saturated heterocycles. The predicted molar refractivity (Wildman–Crippen MR) is 80.5 cm³/mol. The van der Waals surface area contributed by atoms with Crippen molar-refractivity contribution in [1.82, 2.24) is 0 Å². The monoisotopic (exact) mass is 251 g/mol. The molecule has 0 atom stereocenters. The molecule has 0 aliphatic rings. The minimum Gasteiger partial charge on any atom is -0.198 e. The average molecular weight is 251 g/mol. The Morgan fingerprint density at radius 2 is 1.06 bits per heavy atom. The highest BCUT2D eigenvalue weighted by Crippen LogP contribution is 2.13. The first-order valence-electron chi connectivity index (χ1n) is 8.14. The van der Waals surface area contributed by atoms with Crippen LogP contribution < -0.4 is 0 Å². The Bertz CT molecular complexity index is 190. The fraction of sp³-hybridized carbons (Fsp3) is 0.941. The first-order chi connectivity index (χ1) is 8.77. The van der Waals surface area contributed by atoms with Crippen molar-refractivity contribution >= 4 is 0 Å². The van der Waals surface area contributed by atoms with Crippen molar-refractivity contribution < 1.29 is 0 Å². The topological polar surface area (TPSA) is 23.8 Å². The van der Waals surface area contributed by atoms with Crippen LogP contribution >= 0.6 is 0 Å². The maximum Gasteiger partial charge on any atom is 0.0621 e. The lowest BCUT2D eigenvalue weighted by Gasteiger charge is -2.04. The van der Waals surface area contributed by atoms with Crippen molar-refractivity contribution in [2.45, 2.75) is 97.3 Å². The molecule has 1 nitrogen and oxygen atoms in total. The van der Waals surface area contributed by atoms with Crippen molar-refractivity contribution in [2.24, 2.45) is 5.92 Å². The van der Waals surface area contributed by atoms with E-state index in [0.29, 0.717) is 0 Å². The molecule has 0 saturated carbocycles. The van der Waals surface area contributed by atoms with Crippen LogP contribution in [-0.2, 0) is 0 Å². The molecule has 0 aliphatic carbocycles. The number of nitrogens with zero attached hydrogens (tertiary/aromatic N) is 1. The molecule has 106 valence electrons. The highest BCUT2D eigenvalue weighted by Gasteiger charge is 1.95. The Morgan fingerprint density at radius 3 is 1.44 bits per heavy atom. The fourth-order valence-corrected chi connectivity index (χ4v) is 2.35. The van der Waals surface area contributed by atoms with Crippen molar-refractivity contribution in [3.8, 4) is 6.07 Å². The van der Waals surface area contributed by atoms with Crippen molar-refractivity contribution in [2.75, 3.05) is 0 Å². The molecule has 0 unspecified atom stereocenters.